The van der Waals surface area contributed by atoms with Gasteiger partial charge in [0.2, 0.25) is 5.91 Å². The predicted molar refractivity (Wildman–Crippen MR) is 111 cm³/mol. The van der Waals surface area contributed by atoms with Gasteiger partial charge in [-0.2, -0.15) is 5.26 Å². The van der Waals surface area contributed by atoms with Crippen LogP contribution in [-0.2, 0) is 4.79 Å². The highest BCUT2D eigenvalue weighted by Gasteiger charge is 2.45. The molecule has 1 fully saturated rings. The summed E-state index contributed by atoms with van der Waals surface area (Å²) in [5.74, 6) is 0.518. The molecule has 0 radical (unpaired) electrons. The number of benzene rings is 1. The van der Waals surface area contributed by atoms with Crippen LogP contribution < -0.4 is 15.4 Å². The third-order valence-electron chi connectivity index (χ3n) is 5.65. The molecule has 2 unspecified atom stereocenters. The van der Waals surface area contributed by atoms with Gasteiger partial charge in [0.15, 0.2) is 0 Å². The second-order valence-electron chi connectivity index (χ2n) is 8.93. The number of urea groups is 1. The smallest absolute Gasteiger partial charge is 0.318 e. The molecule has 162 valence electrons. The Morgan fingerprint density at radius 1 is 1.40 bits per heavy atom. The van der Waals surface area contributed by atoms with Crippen molar-refractivity contribution >= 4 is 11.9 Å². The van der Waals surface area contributed by atoms with Crippen LogP contribution in [0.3, 0.4) is 0 Å². The van der Waals surface area contributed by atoms with E-state index < -0.39 is 23.8 Å². The topological polar surface area (TPSA) is 115 Å². The van der Waals surface area contributed by atoms with Gasteiger partial charge in [-0.3, -0.25) is 4.79 Å². The van der Waals surface area contributed by atoms with Crippen molar-refractivity contribution in [3.8, 4) is 11.8 Å². The van der Waals surface area contributed by atoms with Crippen LogP contribution in [0.1, 0.15) is 57.7 Å². The zero-order valence-electron chi connectivity index (χ0n) is 17.9. The molecular formula is C22H30N4O4. The van der Waals surface area contributed by atoms with Crippen molar-refractivity contribution in [3.63, 3.8) is 0 Å². The van der Waals surface area contributed by atoms with Crippen LogP contribution in [0.2, 0.25) is 0 Å². The monoisotopic (exact) mass is 414 g/mol. The van der Waals surface area contributed by atoms with Crippen LogP contribution in [0.25, 0.3) is 0 Å². The van der Waals surface area contributed by atoms with Gasteiger partial charge in [0.1, 0.15) is 23.5 Å². The summed E-state index contributed by atoms with van der Waals surface area (Å²) in [6.07, 6.45) is 0.284. The molecule has 2 aliphatic rings. The number of amides is 3. The zero-order chi connectivity index (χ0) is 22.1. The number of aliphatic hydroxyl groups is 1. The molecule has 3 rings (SSSR count). The number of likely N-dealkylation sites (tertiary alicyclic amines) is 1. The number of fused-ring (bicyclic) bond motifs is 1. The molecule has 2 heterocycles. The highest BCUT2D eigenvalue weighted by atomic mass is 16.5. The summed E-state index contributed by atoms with van der Waals surface area (Å²) in [6, 6.07) is 5.43. The number of nitriles is 1. The van der Waals surface area contributed by atoms with Crippen molar-refractivity contribution in [2.24, 2.45) is 5.92 Å². The van der Waals surface area contributed by atoms with Gasteiger partial charge in [-0.05, 0) is 50.8 Å². The zero-order valence-corrected chi connectivity index (χ0v) is 17.9. The molecule has 0 saturated carbocycles. The van der Waals surface area contributed by atoms with E-state index in [-0.39, 0.29) is 11.9 Å². The van der Waals surface area contributed by atoms with Gasteiger partial charge in [0, 0.05) is 18.7 Å². The lowest BCUT2D eigenvalue weighted by atomic mass is 9.85. The standard InChI is InChI=1S/C22H30N4O4/c1-13(2)12-24-21(29)26-9-5-6-16(26)20(28)25-18-15-10-14(11-23)7-8-17(15)30-22(3,4)19(18)27/h7-8,10,13,16,18-19,27H,5-6,9,12H2,1-4H3,(H,24,29)(H,25,28)/t16-,18?,19?/m0/s1. The first-order valence-corrected chi connectivity index (χ1v) is 10.4. The van der Waals surface area contributed by atoms with Crippen molar-refractivity contribution in [2.45, 2.75) is 64.3 Å². The molecule has 3 atom stereocenters. The Labute approximate surface area is 177 Å². The maximum Gasteiger partial charge on any atom is 0.318 e. The lowest BCUT2D eigenvalue weighted by Crippen LogP contribution is -2.56. The van der Waals surface area contributed by atoms with E-state index in [0.29, 0.717) is 42.3 Å². The number of nitrogens with one attached hydrogen (secondary N) is 2. The number of hydrogen-bond donors (Lipinski definition) is 3. The minimum Gasteiger partial charge on any atom is -0.485 e. The minimum absolute atomic E-state index is 0.249. The molecule has 1 aromatic carbocycles. The Balaban J connectivity index is 1.81. The third-order valence-corrected chi connectivity index (χ3v) is 5.65. The number of carbonyl (C=O) groups excluding carboxylic acids is 2. The molecule has 3 N–H and O–H groups in total. The summed E-state index contributed by atoms with van der Waals surface area (Å²) >= 11 is 0. The summed E-state index contributed by atoms with van der Waals surface area (Å²) < 4.78 is 5.90. The number of carbonyl (C=O) groups is 2. The van der Waals surface area contributed by atoms with Gasteiger partial charge >= 0.3 is 6.03 Å². The molecular weight excluding hydrogens is 384 g/mol. The fourth-order valence-corrected chi connectivity index (χ4v) is 3.95. The number of nitrogens with zero attached hydrogens (tertiary/aromatic N) is 2. The van der Waals surface area contributed by atoms with Gasteiger partial charge in [0.05, 0.1) is 17.7 Å². The fourth-order valence-electron chi connectivity index (χ4n) is 3.95. The molecule has 0 spiro atoms. The van der Waals surface area contributed by atoms with Crippen LogP contribution in [0.5, 0.6) is 5.75 Å². The van der Waals surface area contributed by atoms with Gasteiger partial charge in [-0.15, -0.1) is 0 Å². The summed E-state index contributed by atoms with van der Waals surface area (Å²) in [4.78, 5) is 27.2. The van der Waals surface area contributed by atoms with Crippen LogP contribution >= 0.6 is 0 Å². The Kier molecular flexibility index (Phi) is 6.22. The molecule has 0 aliphatic carbocycles. The highest BCUT2D eigenvalue weighted by molar-refractivity contribution is 5.88. The molecule has 8 heteroatoms. The lowest BCUT2D eigenvalue weighted by Gasteiger charge is -2.42. The molecule has 1 saturated heterocycles. The largest absolute Gasteiger partial charge is 0.485 e. The van der Waals surface area contributed by atoms with Gasteiger partial charge in [0.25, 0.3) is 0 Å². The van der Waals surface area contributed by atoms with Crippen molar-refractivity contribution in [1.29, 1.82) is 5.26 Å². The van der Waals surface area contributed by atoms with Crippen molar-refractivity contribution in [2.75, 3.05) is 13.1 Å². The number of rotatable bonds is 4. The van der Waals surface area contributed by atoms with Crippen molar-refractivity contribution in [1.82, 2.24) is 15.5 Å². The van der Waals surface area contributed by atoms with E-state index in [1.807, 2.05) is 13.8 Å². The average Bonchev–Trinajstić information content (AvgIpc) is 3.19. The van der Waals surface area contributed by atoms with E-state index in [9.17, 15) is 20.0 Å². The lowest BCUT2D eigenvalue weighted by molar-refractivity contribution is -0.129. The van der Waals surface area contributed by atoms with E-state index in [2.05, 4.69) is 16.7 Å². The van der Waals surface area contributed by atoms with Gasteiger partial charge < -0.3 is 25.4 Å². The summed E-state index contributed by atoms with van der Waals surface area (Å²) in [5.41, 5.74) is 0.0467. The first-order chi connectivity index (χ1) is 14.1. The van der Waals surface area contributed by atoms with E-state index >= 15 is 0 Å². The van der Waals surface area contributed by atoms with Crippen LogP contribution in [0, 0.1) is 17.2 Å². The molecule has 30 heavy (non-hydrogen) atoms. The second-order valence-corrected chi connectivity index (χ2v) is 8.93. The molecule has 0 aromatic heterocycles. The summed E-state index contributed by atoms with van der Waals surface area (Å²) in [6.45, 7) is 8.57. The van der Waals surface area contributed by atoms with E-state index in [1.54, 1.807) is 36.9 Å². The second kappa shape index (κ2) is 8.52. The number of aliphatic hydroxyl groups excluding tert-OH is 1. The quantitative estimate of drug-likeness (QED) is 0.698. The molecule has 8 nitrogen and oxygen atoms in total. The normalized spacial score (nSPS) is 24.6. The Morgan fingerprint density at radius 2 is 2.13 bits per heavy atom. The Bertz CT molecular complexity index is 861. The fraction of sp³-hybridized carbons (Fsp3) is 0.591. The third kappa shape index (κ3) is 4.36. The number of hydrogen-bond acceptors (Lipinski definition) is 5. The highest BCUT2D eigenvalue weighted by Crippen LogP contribution is 2.40. The van der Waals surface area contributed by atoms with Gasteiger partial charge in [-0.25, -0.2) is 4.79 Å². The van der Waals surface area contributed by atoms with E-state index in [1.165, 1.54) is 0 Å². The summed E-state index contributed by atoms with van der Waals surface area (Å²) in [7, 11) is 0. The van der Waals surface area contributed by atoms with E-state index in [0.717, 1.165) is 6.42 Å². The Morgan fingerprint density at radius 3 is 2.80 bits per heavy atom. The van der Waals surface area contributed by atoms with Crippen molar-refractivity contribution in [3.05, 3.63) is 29.3 Å². The molecule has 0 bridgehead atoms. The van der Waals surface area contributed by atoms with Crippen LogP contribution in [0.4, 0.5) is 4.79 Å². The SMILES string of the molecule is CC(C)CNC(=O)N1CCC[C@H]1C(=O)NC1c2cc(C#N)ccc2OC(C)(C)C1O. The molecule has 2 aliphatic heterocycles. The van der Waals surface area contributed by atoms with Gasteiger partial charge in [-0.1, -0.05) is 13.8 Å². The maximum absolute atomic E-state index is 13.1. The van der Waals surface area contributed by atoms with Crippen LogP contribution in [-0.4, -0.2) is 52.8 Å². The van der Waals surface area contributed by atoms with Crippen molar-refractivity contribution < 1.29 is 19.4 Å². The predicted octanol–water partition coefficient (Wildman–Crippen LogP) is 2.08. The van der Waals surface area contributed by atoms with E-state index in [4.69, 9.17) is 4.74 Å². The average molecular weight is 415 g/mol. The maximum atomic E-state index is 13.1. The molecule has 3 amide bonds. The Hall–Kier alpha value is -2.79. The first-order valence-electron chi connectivity index (χ1n) is 10.4. The first kappa shape index (κ1) is 21.9. The number of ether oxygens (including phenoxy) is 1. The minimum atomic E-state index is -1.02. The summed E-state index contributed by atoms with van der Waals surface area (Å²) in [5, 5.41) is 25.9. The molecule has 1 aromatic rings. The van der Waals surface area contributed by atoms with Crippen LogP contribution in [0.15, 0.2) is 18.2 Å².